The first-order valence-corrected chi connectivity index (χ1v) is 11.8. The van der Waals surface area contributed by atoms with Crippen molar-refractivity contribution in [2.75, 3.05) is 0 Å². The van der Waals surface area contributed by atoms with Gasteiger partial charge in [0.15, 0.2) is 8.24 Å². The van der Waals surface area contributed by atoms with Gasteiger partial charge in [-0.3, -0.25) is 0 Å². The first kappa shape index (κ1) is 13.9. The van der Waals surface area contributed by atoms with Crippen molar-refractivity contribution in [3.63, 3.8) is 0 Å². The number of hydrogen-bond acceptors (Lipinski definition) is 1. The number of rotatable bonds is 1. The molecule has 0 atom stereocenters. The van der Waals surface area contributed by atoms with Crippen LogP contribution in [0.5, 0.6) is 0 Å². The summed E-state index contributed by atoms with van der Waals surface area (Å²) in [6.45, 7) is 7.20. The molecule has 3 heteroatoms. The molecule has 0 amide bonds. The van der Waals surface area contributed by atoms with Crippen LogP contribution in [-0.4, -0.2) is 12.5 Å². The quantitative estimate of drug-likeness (QED) is 0.326. The number of fused-ring (bicyclic) bond motifs is 6. The third-order valence-corrected chi connectivity index (χ3v) is 6.67. The van der Waals surface area contributed by atoms with Gasteiger partial charge in [-0.15, -0.1) is 0 Å². The summed E-state index contributed by atoms with van der Waals surface area (Å²) < 4.78 is 8.69. The summed E-state index contributed by atoms with van der Waals surface area (Å²) in [4.78, 5) is 0. The summed E-state index contributed by atoms with van der Waals surface area (Å²) in [5.74, 6) is 0. The van der Waals surface area contributed by atoms with Crippen LogP contribution in [0.4, 0.5) is 0 Å². The van der Waals surface area contributed by atoms with E-state index in [1.165, 1.54) is 32.6 Å². The van der Waals surface area contributed by atoms with Crippen LogP contribution in [0, 0.1) is 0 Å². The van der Waals surface area contributed by atoms with Crippen LogP contribution in [0.1, 0.15) is 0 Å². The smallest absolute Gasteiger partial charge is 0.153 e. The molecule has 0 unspecified atom stereocenters. The summed E-state index contributed by atoms with van der Waals surface area (Å²) in [5.41, 5.74) is 4.60. The Kier molecular flexibility index (Phi) is 2.61. The van der Waals surface area contributed by atoms with Crippen LogP contribution in [-0.2, 0) is 0 Å². The van der Waals surface area contributed by atoms with Crippen molar-refractivity contribution < 1.29 is 4.42 Å². The minimum Gasteiger partial charge on any atom is -0.456 e. The highest BCUT2D eigenvalue weighted by atomic mass is 28.3. The van der Waals surface area contributed by atoms with Gasteiger partial charge in [-0.05, 0) is 24.3 Å². The molecule has 0 saturated carbocycles. The van der Waals surface area contributed by atoms with Gasteiger partial charge in [0, 0.05) is 32.6 Å². The van der Waals surface area contributed by atoms with Crippen molar-refractivity contribution in [2.24, 2.45) is 0 Å². The maximum atomic E-state index is 6.11. The highest BCUT2D eigenvalue weighted by molar-refractivity contribution is 6.76. The molecule has 0 aliphatic heterocycles. The van der Waals surface area contributed by atoms with Gasteiger partial charge in [0.2, 0.25) is 0 Å². The molecule has 2 heterocycles. The second kappa shape index (κ2) is 4.52. The van der Waals surface area contributed by atoms with Crippen molar-refractivity contribution in [1.82, 2.24) is 4.23 Å². The van der Waals surface area contributed by atoms with E-state index in [0.717, 1.165) is 11.2 Å². The van der Waals surface area contributed by atoms with Gasteiger partial charge in [0.05, 0.1) is 0 Å². The van der Waals surface area contributed by atoms with Crippen LogP contribution in [0.3, 0.4) is 0 Å². The van der Waals surface area contributed by atoms with E-state index in [2.05, 4.69) is 72.4 Å². The van der Waals surface area contributed by atoms with E-state index in [-0.39, 0.29) is 0 Å². The molecule has 0 aliphatic carbocycles. The average molecular weight is 329 g/mol. The van der Waals surface area contributed by atoms with E-state index in [0.29, 0.717) is 0 Å². The first-order valence-electron chi connectivity index (χ1n) is 8.39. The molecule has 118 valence electrons. The minimum absolute atomic E-state index is 0.962. The zero-order chi connectivity index (χ0) is 16.5. The fourth-order valence-electron chi connectivity index (χ4n) is 3.91. The number of furan rings is 1. The monoisotopic (exact) mass is 329 g/mol. The Morgan fingerprint density at radius 1 is 0.667 bits per heavy atom. The second-order valence-electron chi connectivity index (χ2n) is 7.49. The maximum Gasteiger partial charge on any atom is 0.153 e. The Labute approximate surface area is 141 Å². The van der Waals surface area contributed by atoms with Crippen molar-refractivity contribution in [1.29, 1.82) is 0 Å². The molecule has 5 rings (SSSR count). The molecule has 3 aromatic carbocycles. The molecule has 0 N–H and O–H groups in total. The standard InChI is InChI=1S/C21H19NOSi/c1-24(2,3)22-18-10-6-4-8-14(18)16-13-21-17(12-19(16)22)15-9-5-7-11-20(15)23-21/h4-13H,1-3H3. The number of nitrogens with zero attached hydrogens (tertiary/aromatic N) is 1. The highest BCUT2D eigenvalue weighted by Gasteiger charge is 2.23. The summed E-state index contributed by atoms with van der Waals surface area (Å²) in [6, 6.07) is 21.6. The third-order valence-electron chi connectivity index (χ3n) is 4.84. The Balaban J connectivity index is 2.06. The van der Waals surface area contributed by atoms with Crippen LogP contribution in [0.15, 0.2) is 65.1 Å². The van der Waals surface area contributed by atoms with Crippen molar-refractivity contribution in [3.05, 3.63) is 60.7 Å². The Morgan fingerprint density at radius 3 is 2.17 bits per heavy atom. The second-order valence-corrected chi connectivity index (χ2v) is 12.3. The number of hydrogen-bond donors (Lipinski definition) is 0. The van der Waals surface area contributed by atoms with Gasteiger partial charge in [-0.2, -0.15) is 0 Å². The molecule has 0 radical (unpaired) electrons. The van der Waals surface area contributed by atoms with E-state index in [4.69, 9.17) is 4.42 Å². The molecule has 0 fully saturated rings. The highest BCUT2D eigenvalue weighted by Crippen LogP contribution is 2.37. The van der Waals surface area contributed by atoms with E-state index in [1.807, 2.05) is 12.1 Å². The van der Waals surface area contributed by atoms with Gasteiger partial charge in [0.1, 0.15) is 11.2 Å². The molecular weight excluding hydrogens is 310 g/mol. The summed E-state index contributed by atoms with van der Waals surface area (Å²) >= 11 is 0. The van der Waals surface area contributed by atoms with Crippen molar-refractivity contribution >= 4 is 52.0 Å². The normalized spacial score (nSPS) is 12.8. The lowest BCUT2D eigenvalue weighted by Gasteiger charge is -2.21. The SMILES string of the molecule is C[Si](C)(C)n1c2ccccc2c2cc3oc4ccccc4c3cc21. The predicted molar refractivity (Wildman–Crippen MR) is 105 cm³/mol. The predicted octanol–water partition coefficient (Wildman–Crippen LogP) is 6.38. The maximum absolute atomic E-state index is 6.11. The fourth-order valence-corrected chi connectivity index (χ4v) is 5.73. The van der Waals surface area contributed by atoms with Crippen LogP contribution < -0.4 is 0 Å². The zero-order valence-corrected chi connectivity index (χ0v) is 15.1. The van der Waals surface area contributed by atoms with Gasteiger partial charge in [-0.1, -0.05) is 56.0 Å². The lowest BCUT2D eigenvalue weighted by Crippen LogP contribution is -2.31. The summed E-state index contributed by atoms with van der Waals surface area (Å²) in [7, 11) is -1.56. The van der Waals surface area contributed by atoms with E-state index in [9.17, 15) is 0 Å². The summed E-state index contributed by atoms with van der Waals surface area (Å²) in [6.07, 6.45) is 0. The van der Waals surface area contributed by atoms with E-state index in [1.54, 1.807) is 0 Å². The van der Waals surface area contributed by atoms with Gasteiger partial charge in [-0.25, -0.2) is 0 Å². The lowest BCUT2D eigenvalue weighted by molar-refractivity contribution is 0.669. The molecular formula is C21H19NOSi. The molecule has 0 saturated heterocycles. The fraction of sp³-hybridized carbons (Fsp3) is 0.143. The van der Waals surface area contributed by atoms with Crippen molar-refractivity contribution in [3.8, 4) is 0 Å². The minimum atomic E-state index is -1.56. The van der Waals surface area contributed by atoms with Gasteiger partial charge in [0.25, 0.3) is 0 Å². The van der Waals surface area contributed by atoms with Crippen LogP contribution in [0.25, 0.3) is 43.7 Å². The molecule has 2 nitrogen and oxygen atoms in total. The first-order chi connectivity index (χ1) is 11.5. The molecule has 0 bridgehead atoms. The van der Waals surface area contributed by atoms with Gasteiger partial charge < -0.3 is 8.65 Å². The number of para-hydroxylation sites is 2. The largest absolute Gasteiger partial charge is 0.456 e. The van der Waals surface area contributed by atoms with E-state index >= 15 is 0 Å². The van der Waals surface area contributed by atoms with Gasteiger partial charge >= 0.3 is 0 Å². The number of aromatic nitrogens is 1. The number of benzene rings is 3. The molecule has 0 aliphatic rings. The Morgan fingerprint density at radius 2 is 1.38 bits per heavy atom. The summed E-state index contributed by atoms with van der Waals surface area (Å²) in [5, 5.41) is 5.01. The molecule has 2 aromatic heterocycles. The Hall–Kier alpha value is -2.52. The lowest BCUT2D eigenvalue weighted by atomic mass is 10.1. The third kappa shape index (κ3) is 1.76. The van der Waals surface area contributed by atoms with Crippen LogP contribution in [0.2, 0.25) is 19.6 Å². The molecule has 24 heavy (non-hydrogen) atoms. The van der Waals surface area contributed by atoms with Crippen LogP contribution >= 0.6 is 0 Å². The average Bonchev–Trinajstić information content (AvgIpc) is 3.07. The molecule has 0 spiro atoms. The van der Waals surface area contributed by atoms with E-state index < -0.39 is 8.24 Å². The Bertz CT molecular complexity index is 1240. The zero-order valence-electron chi connectivity index (χ0n) is 14.1. The molecule has 5 aromatic rings. The van der Waals surface area contributed by atoms with Crippen molar-refractivity contribution in [2.45, 2.75) is 19.6 Å². The topological polar surface area (TPSA) is 18.1 Å².